The standard InChI is InChI=1S/C51H29N3O3/c1-2-11-30(12-3-1)49-52-50(54-51(53-49)39-19-10-22-44-48(39)38-18-5-7-21-43(38)55-44)35-16-9-15-33(26-35)31-13-8-14-32(25-31)34-23-24-37-41-28-40-36-17-4-6-20-42(36)56-46(40)29-47(41)57-45(37)27-34/h1-29H. The van der Waals surface area contributed by atoms with Crippen LogP contribution in [-0.2, 0) is 0 Å². The lowest BCUT2D eigenvalue weighted by molar-refractivity contribution is 0.656. The number of benzene rings is 8. The van der Waals surface area contributed by atoms with Gasteiger partial charge in [-0.25, -0.2) is 15.0 Å². The number of para-hydroxylation sites is 2. The minimum Gasteiger partial charge on any atom is -0.456 e. The Balaban J connectivity index is 0.942. The fourth-order valence-electron chi connectivity index (χ4n) is 8.19. The summed E-state index contributed by atoms with van der Waals surface area (Å²) in [4.78, 5) is 15.2. The molecule has 0 bridgehead atoms. The average molecular weight is 732 g/mol. The smallest absolute Gasteiger partial charge is 0.164 e. The Hall–Kier alpha value is -7.83. The summed E-state index contributed by atoms with van der Waals surface area (Å²) in [6, 6.07) is 60.0. The molecule has 4 heterocycles. The highest BCUT2D eigenvalue weighted by molar-refractivity contribution is 6.15. The second kappa shape index (κ2) is 12.3. The predicted octanol–water partition coefficient (Wildman–Crippen LogP) is 13.9. The van der Waals surface area contributed by atoms with Gasteiger partial charge in [-0.3, -0.25) is 0 Å². The van der Waals surface area contributed by atoms with E-state index in [0.717, 1.165) is 105 Å². The quantitative estimate of drug-likeness (QED) is 0.175. The van der Waals surface area contributed by atoms with Crippen LogP contribution < -0.4 is 0 Å². The maximum atomic E-state index is 6.44. The van der Waals surface area contributed by atoms with E-state index in [4.69, 9.17) is 28.2 Å². The first-order valence-corrected chi connectivity index (χ1v) is 18.9. The van der Waals surface area contributed by atoms with Gasteiger partial charge in [0.25, 0.3) is 0 Å². The van der Waals surface area contributed by atoms with Gasteiger partial charge in [0.15, 0.2) is 17.5 Å². The van der Waals surface area contributed by atoms with E-state index < -0.39 is 0 Å². The van der Waals surface area contributed by atoms with E-state index in [-0.39, 0.29) is 0 Å². The number of fused-ring (bicyclic) bond motifs is 9. The van der Waals surface area contributed by atoms with Crippen LogP contribution >= 0.6 is 0 Å². The van der Waals surface area contributed by atoms with Crippen molar-refractivity contribution in [2.24, 2.45) is 0 Å². The van der Waals surface area contributed by atoms with Crippen LogP contribution in [0.25, 0.3) is 122 Å². The molecule has 0 radical (unpaired) electrons. The van der Waals surface area contributed by atoms with Gasteiger partial charge in [-0.15, -0.1) is 0 Å². The lowest BCUT2D eigenvalue weighted by Gasteiger charge is -2.11. The molecule has 57 heavy (non-hydrogen) atoms. The second-order valence-corrected chi connectivity index (χ2v) is 14.4. The van der Waals surface area contributed by atoms with Gasteiger partial charge in [-0.05, 0) is 70.8 Å². The highest BCUT2D eigenvalue weighted by Crippen LogP contribution is 2.40. The molecule has 0 saturated heterocycles. The average Bonchev–Trinajstić information content (AvgIpc) is 3.96. The van der Waals surface area contributed by atoms with E-state index in [0.29, 0.717) is 17.5 Å². The fraction of sp³-hybridized carbons (Fsp3) is 0. The van der Waals surface area contributed by atoms with Gasteiger partial charge in [0.2, 0.25) is 0 Å². The Labute approximate surface area is 325 Å². The normalized spacial score (nSPS) is 11.9. The zero-order valence-corrected chi connectivity index (χ0v) is 30.3. The van der Waals surface area contributed by atoms with E-state index >= 15 is 0 Å². The molecule has 0 atom stereocenters. The van der Waals surface area contributed by atoms with Gasteiger partial charge in [-0.2, -0.15) is 0 Å². The third kappa shape index (κ3) is 5.15. The molecular formula is C51H29N3O3. The highest BCUT2D eigenvalue weighted by Gasteiger charge is 2.19. The van der Waals surface area contributed by atoms with Crippen molar-refractivity contribution in [3.63, 3.8) is 0 Å². The number of nitrogens with zero attached hydrogens (tertiary/aromatic N) is 3. The molecule has 0 aliphatic rings. The summed E-state index contributed by atoms with van der Waals surface area (Å²) in [7, 11) is 0. The van der Waals surface area contributed by atoms with E-state index in [1.165, 1.54) is 0 Å². The molecular weight excluding hydrogens is 703 g/mol. The summed E-state index contributed by atoms with van der Waals surface area (Å²) < 4.78 is 18.8. The first-order chi connectivity index (χ1) is 28.2. The van der Waals surface area contributed by atoms with Gasteiger partial charge in [0.1, 0.15) is 33.5 Å². The van der Waals surface area contributed by atoms with Crippen LogP contribution in [0.1, 0.15) is 0 Å². The van der Waals surface area contributed by atoms with Crippen molar-refractivity contribution in [2.75, 3.05) is 0 Å². The van der Waals surface area contributed by atoms with Crippen molar-refractivity contribution in [1.82, 2.24) is 15.0 Å². The van der Waals surface area contributed by atoms with Crippen molar-refractivity contribution >= 4 is 65.8 Å². The number of hydrogen-bond acceptors (Lipinski definition) is 6. The van der Waals surface area contributed by atoms with Crippen LogP contribution in [-0.4, -0.2) is 15.0 Å². The minimum absolute atomic E-state index is 0.589. The van der Waals surface area contributed by atoms with E-state index in [1.54, 1.807) is 0 Å². The van der Waals surface area contributed by atoms with Gasteiger partial charge >= 0.3 is 0 Å². The molecule has 0 spiro atoms. The first-order valence-electron chi connectivity index (χ1n) is 18.9. The Morgan fingerprint density at radius 3 is 1.53 bits per heavy atom. The summed E-state index contributed by atoms with van der Waals surface area (Å²) in [6.07, 6.45) is 0. The summed E-state index contributed by atoms with van der Waals surface area (Å²) >= 11 is 0. The zero-order valence-electron chi connectivity index (χ0n) is 30.3. The Morgan fingerprint density at radius 1 is 0.263 bits per heavy atom. The molecule has 0 amide bonds. The molecule has 6 heteroatoms. The van der Waals surface area contributed by atoms with Crippen LogP contribution in [0.2, 0.25) is 0 Å². The molecule has 0 fully saturated rings. The van der Waals surface area contributed by atoms with Crippen molar-refractivity contribution in [2.45, 2.75) is 0 Å². The van der Waals surface area contributed by atoms with E-state index in [9.17, 15) is 0 Å². The number of rotatable bonds is 5. The molecule has 6 nitrogen and oxygen atoms in total. The molecule has 0 aliphatic heterocycles. The highest BCUT2D eigenvalue weighted by atomic mass is 16.3. The van der Waals surface area contributed by atoms with Crippen molar-refractivity contribution in [3.8, 4) is 56.4 Å². The van der Waals surface area contributed by atoms with Gasteiger partial charge in [0.05, 0.1) is 0 Å². The summed E-state index contributed by atoms with van der Waals surface area (Å²) in [5.74, 6) is 1.79. The molecule has 0 unspecified atom stereocenters. The topological polar surface area (TPSA) is 78.1 Å². The van der Waals surface area contributed by atoms with Crippen LogP contribution in [0.4, 0.5) is 0 Å². The summed E-state index contributed by atoms with van der Waals surface area (Å²) in [6.45, 7) is 0. The van der Waals surface area contributed by atoms with Crippen LogP contribution in [0.5, 0.6) is 0 Å². The molecule has 266 valence electrons. The van der Waals surface area contributed by atoms with Crippen molar-refractivity contribution in [3.05, 3.63) is 176 Å². The van der Waals surface area contributed by atoms with E-state index in [1.807, 2.05) is 84.9 Å². The lowest BCUT2D eigenvalue weighted by atomic mass is 9.97. The molecule has 12 aromatic rings. The maximum absolute atomic E-state index is 6.44. The third-order valence-electron chi connectivity index (χ3n) is 10.9. The first kappa shape index (κ1) is 31.5. The van der Waals surface area contributed by atoms with E-state index in [2.05, 4.69) is 91.0 Å². The maximum Gasteiger partial charge on any atom is 0.164 e. The van der Waals surface area contributed by atoms with Gasteiger partial charge in [-0.1, -0.05) is 121 Å². The largest absolute Gasteiger partial charge is 0.456 e. The molecule has 4 aromatic heterocycles. The predicted molar refractivity (Wildman–Crippen MR) is 229 cm³/mol. The molecule has 0 aliphatic carbocycles. The number of hydrogen-bond donors (Lipinski definition) is 0. The molecule has 0 N–H and O–H groups in total. The molecule has 0 saturated carbocycles. The van der Waals surface area contributed by atoms with Crippen molar-refractivity contribution < 1.29 is 13.3 Å². The Bertz CT molecular complexity index is 3540. The summed E-state index contributed by atoms with van der Waals surface area (Å²) in [5, 5.41) is 6.36. The Morgan fingerprint density at radius 2 is 0.754 bits per heavy atom. The summed E-state index contributed by atoms with van der Waals surface area (Å²) in [5.41, 5.74) is 12.0. The van der Waals surface area contributed by atoms with Crippen LogP contribution in [0.3, 0.4) is 0 Å². The molecule has 8 aromatic carbocycles. The zero-order chi connectivity index (χ0) is 37.5. The fourth-order valence-corrected chi connectivity index (χ4v) is 8.19. The minimum atomic E-state index is 0.589. The third-order valence-corrected chi connectivity index (χ3v) is 10.9. The van der Waals surface area contributed by atoms with Gasteiger partial charge in [0, 0.05) is 55.1 Å². The monoisotopic (exact) mass is 731 g/mol. The number of aromatic nitrogens is 3. The van der Waals surface area contributed by atoms with Crippen molar-refractivity contribution in [1.29, 1.82) is 0 Å². The second-order valence-electron chi connectivity index (χ2n) is 14.4. The SMILES string of the molecule is c1ccc(-c2nc(-c3cccc(-c4cccc(-c5ccc6c(c5)oc5cc7oc8ccccc8c7cc56)c4)c3)nc(-c3cccc4oc5ccccc5c34)n2)cc1. The van der Waals surface area contributed by atoms with Crippen LogP contribution in [0, 0.1) is 0 Å². The number of furan rings is 3. The molecule has 12 rings (SSSR count). The lowest BCUT2D eigenvalue weighted by Crippen LogP contribution is -2.00. The van der Waals surface area contributed by atoms with Crippen LogP contribution in [0.15, 0.2) is 189 Å². The Kier molecular flexibility index (Phi) is 6.83. The van der Waals surface area contributed by atoms with Gasteiger partial charge < -0.3 is 13.3 Å².